The second kappa shape index (κ2) is 4.18. The first-order valence-corrected chi connectivity index (χ1v) is 8.33. The molecule has 0 saturated carbocycles. The molecule has 0 aliphatic heterocycles. The molecule has 0 unspecified atom stereocenters. The van der Waals surface area contributed by atoms with Gasteiger partial charge in [-0.1, -0.05) is 22.8 Å². The SMILES string of the molecule is COP(=S)(SC)SC. The van der Waals surface area contributed by atoms with Crippen LogP contribution in [0.5, 0.6) is 0 Å². The predicted molar refractivity (Wildman–Crippen MR) is 48.3 cm³/mol. The molecule has 0 atom stereocenters. The van der Waals surface area contributed by atoms with Crippen molar-refractivity contribution in [3.05, 3.63) is 0 Å². The summed E-state index contributed by atoms with van der Waals surface area (Å²) in [7, 11) is 1.67. The zero-order valence-corrected chi connectivity index (χ0v) is 8.42. The Hall–Kier alpha value is 1.31. The van der Waals surface area contributed by atoms with Gasteiger partial charge in [-0.3, -0.25) is 0 Å². The fourth-order valence-electron chi connectivity index (χ4n) is 0.224. The summed E-state index contributed by atoms with van der Waals surface area (Å²) in [4.78, 5) is 0. The summed E-state index contributed by atoms with van der Waals surface area (Å²) in [6.45, 7) is 0. The maximum absolute atomic E-state index is 5.12. The number of hydrogen-bond donors (Lipinski definition) is 0. The second-order valence-electron chi connectivity index (χ2n) is 0.995. The molecule has 0 saturated heterocycles. The third-order valence-corrected chi connectivity index (χ3v) is 11.4. The molecule has 0 heterocycles. The van der Waals surface area contributed by atoms with E-state index < -0.39 is 4.67 Å². The molecule has 0 rings (SSSR count). The molecule has 0 fully saturated rings. The van der Waals surface area contributed by atoms with Crippen LogP contribution in [0.3, 0.4) is 0 Å². The summed E-state index contributed by atoms with van der Waals surface area (Å²) < 4.78 is 3.59. The Labute approximate surface area is 63.5 Å². The minimum Gasteiger partial charge on any atom is -0.337 e. The molecule has 0 amide bonds. The molecule has 0 aromatic rings. The summed E-state index contributed by atoms with van der Waals surface area (Å²) in [5.74, 6) is 0. The summed E-state index contributed by atoms with van der Waals surface area (Å²) in [5.41, 5.74) is 0. The summed E-state index contributed by atoms with van der Waals surface area (Å²) in [6.07, 6.45) is 3.97. The Bertz CT molecular complexity index is 85.7. The van der Waals surface area contributed by atoms with Gasteiger partial charge < -0.3 is 4.52 Å². The van der Waals surface area contributed by atoms with Crippen LogP contribution in [0.15, 0.2) is 0 Å². The van der Waals surface area contributed by atoms with Crippen molar-refractivity contribution in [3.8, 4) is 0 Å². The zero-order chi connectivity index (χ0) is 6.62. The van der Waals surface area contributed by atoms with Crippen LogP contribution in [-0.2, 0) is 16.3 Å². The summed E-state index contributed by atoms with van der Waals surface area (Å²) in [6, 6.07) is 0. The average Bonchev–Trinajstić information content (AvgIpc) is 1.87. The lowest BCUT2D eigenvalue weighted by atomic mass is 11.8. The first-order valence-electron chi connectivity index (χ1n) is 1.96. The highest BCUT2D eigenvalue weighted by Gasteiger charge is 2.10. The lowest BCUT2D eigenvalue weighted by Crippen LogP contribution is -1.69. The van der Waals surface area contributed by atoms with Gasteiger partial charge in [0.1, 0.15) is 0 Å². The molecule has 0 aliphatic carbocycles. The zero-order valence-electron chi connectivity index (χ0n) is 5.08. The molecule has 0 spiro atoms. The van der Waals surface area contributed by atoms with Gasteiger partial charge in [-0.15, -0.1) is 0 Å². The van der Waals surface area contributed by atoms with Crippen LogP contribution in [0.2, 0.25) is 0 Å². The molecule has 8 heavy (non-hydrogen) atoms. The van der Waals surface area contributed by atoms with Crippen molar-refractivity contribution >= 4 is 39.2 Å². The third kappa shape index (κ3) is 2.74. The van der Waals surface area contributed by atoms with Crippen LogP contribution < -0.4 is 0 Å². The van der Waals surface area contributed by atoms with Gasteiger partial charge in [0.25, 0.3) is 0 Å². The summed E-state index contributed by atoms with van der Waals surface area (Å²) in [5, 5.41) is 0. The third-order valence-electron chi connectivity index (χ3n) is 0.671. The van der Waals surface area contributed by atoms with E-state index in [4.69, 9.17) is 16.3 Å². The van der Waals surface area contributed by atoms with Crippen molar-refractivity contribution in [2.24, 2.45) is 0 Å². The quantitative estimate of drug-likeness (QED) is 0.629. The Balaban J connectivity index is 3.79. The Kier molecular flexibility index (Phi) is 4.86. The maximum atomic E-state index is 5.12. The minimum atomic E-state index is -1.50. The highest BCUT2D eigenvalue weighted by Crippen LogP contribution is 2.67. The van der Waals surface area contributed by atoms with Crippen LogP contribution in [-0.4, -0.2) is 19.6 Å². The molecule has 1 nitrogen and oxygen atoms in total. The predicted octanol–water partition coefficient (Wildman–Crippen LogP) is 2.58. The lowest BCUT2D eigenvalue weighted by molar-refractivity contribution is 0.480. The number of hydrogen-bond acceptors (Lipinski definition) is 4. The fraction of sp³-hybridized carbons (Fsp3) is 1.00. The van der Waals surface area contributed by atoms with Crippen molar-refractivity contribution in [1.29, 1.82) is 0 Å². The summed E-state index contributed by atoms with van der Waals surface area (Å²) >= 11 is 8.40. The van der Waals surface area contributed by atoms with E-state index in [0.29, 0.717) is 0 Å². The van der Waals surface area contributed by atoms with E-state index in [1.807, 2.05) is 12.5 Å². The van der Waals surface area contributed by atoms with Crippen LogP contribution >= 0.6 is 27.4 Å². The van der Waals surface area contributed by atoms with Crippen LogP contribution in [0.1, 0.15) is 0 Å². The van der Waals surface area contributed by atoms with E-state index in [0.717, 1.165) is 0 Å². The Morgan fingerprint density at radius 1 is 1.38 bits per heavy atom. The lowest BCUT2D eigenvalue weighted by Gasteiger charge is -2.12. The van der Waals surface area contributed by atoms with Gasteiger partial charge >= 0.3 is 0 Å². The monoisotopic (exact) mass is 188 g/mol. The smallest absolute Gasteiger partial charge is 0.173 e. The van der Waals surface area contributed by atoms with Crippen LogP contribution in [0.25, 0.3) is 0 Å². The largest absolute Gasteiger partial charge is 0.337 e. The first-order chi connectivity index (χ1) is 3.68. The van der Waals surface area contributed by atoms with Crippen molar-refractivity contribution < 1.29 is 4.52 Å². The van der Waals surface area contributed by atoms with E-state index in [2.05, 4.69) is 0 Å². The molecule has 0 aromatic carbocycles. The highest BCUT2D eigenvalue weighted by atomic mass is 33.2. The average molecular weight is 188 g/mol. The van der Waals surface area contributed by atoms with Crippen LogP contribution in [0.4, 0.5) is 0 Å². The molecule has 50 valence electrons. The van der Waals surface area contributed by atoms with Crippen molar-refractivity contribution in [1.82, 2.24) is 0 Å². The molecule has 0 bridgehead atoms. The maximum Gasteiger partial charge on any atom is 0.173 e. The van der Waals surface area contributed by atoms with E-state index in [9.17, 15) is 0 Å². The van der Waals surface area contributed by atoms with E-state index >= 15 is 0 Å². The molecule has 0 radical (unpaired) electrons. The van der Waals surface area contributed by atoms with Gasteiger partial charge in [-0.2, -0.15) is 0 Å². The second-order valence-corrected chi connectivity index (χ2v) is 11.9. The molecule has 0 N–H and O–H groups in total. The molecule has 0 aromatic heterocycles. The van der Waals surface area contributed by atoms with Crippen molar-refractivity contribution in [2.45, 2.75) is 0 Å². The first kappa shape index (κ1) is 9.31. The standard InChI is InChI=1S/C3H9OPS3/c1-4-5(6,7-2)8-3/h1-3H3. The topological polar surface area (TPSA) is 9.23 Å². The van der Waals surface area contributed by atoms with Gasteiger partial charge in [0.15, 0.2) is 4.67 Å². The van der Waals surface area contributed by atoms with Crippen molar-refractivity contribution in [3.63, 3.8) is 0 Å². The van der Waals surface area contributed by atoms with E-state index in [1.165, 1.54) is 0 Å². The minimum absolute atomic E-state index is 1.50. The van der Waals surface area contributed by atoms with Gasteiger partial charge in [-0.25, -0.2) is 0 Å². The Morgan fingerprint density at radius 3 is 1.75 bits per heavy atom. The molecular weight excluding hydrogens is 179 g/mol. The normalized spacial score (nSPS) is 11.9. The van der Waals surface area contributed by atoms with Crippen LogP contribution in [0, 0.1) is 0 Å². The fourth-order valence-corrected chi connectivity index (χ4v) is 3.35. The molecular formula is C3H9OPS3. The van der Waals surface area contributed by atoms with E-state index in [-0.39, 0.29) is 0 Å². The highest BCUT2D eigenvalue weighted by molar-refractivity contribution is 8.98. The van der Waals surface area contributed by atoms with Crippen molar-refractivity contribution in [2.75, 3.05) is 19.6 Å². The number of rotatable bonds is 3. The van der Waals surface area contributed by atoms with Gasteiger partial charge in [-0.05, 0) is 24.3 Å². The molecule has 5 heteroatoms. The van der Waals surface area contributed by atoms with Gasteiger partial charge in [0, 0.05) is 7.11 Å². The molecule has 0 aliphatic rings. The van der Waals surface area contributed by atoms with Gasteiger partial charge in [0.2, 0.25) is 0 Å². The van der Waals surface area contributed by atoms with Gasteiger partial charge in [0.05, 0.1) is 0 Å². The van der Waals surface area contributed by atoms with E-state index in [1.54, 1.807) is 29.9 Å². The Morgan fingerprint density at radius 2 is 1.75 bits per heavy atom.